The SMILES string of the molecule is CC(C)(C)CC(C)(C)c1cccc(OC(=O)c2ccccc2)c1OC(=O)c1ccccc1. The van der Waals surface area contributed by atoms with E-state index in [1.165, 1.54) is 0 Å². The predicted molar refractivity (Wildman–Crippen MR) is 126 cm³/mol. The van der Waals surface area contributed by atoms with Gasteiger partial charge in [0.15, 0.2) is 11.5 Å². The van der Waals surface area contributed by atoms with E-state index in [9.17, 15) is 9.59 Å². The van der Waals surface area contributed by atoms with Crippen molar-refractivity contribution in [1.29, 1.82) is 0 Å². The summed E-state index contributed by atoms with van der Waals surface area (Å²) in [7, 11) is 0. The highest BCUT2D eigenvalue weighted by Gasteiger charge is 2.32. The third-order valence-corrected chi connectivity index (χ3v) is 5.10. The number of hydrogen-bond donors (Lipinski definition) is 0. The first-order chi connectivity index (χ1) is 15.1. The van der Waals surface area contributed by atoms with Crippen molar-refractivity contribution in [1.82, 2.24) is 0 Å². The van der Waals surface area contributed by atoms with Gasteiger partial charge in [-0.3, -0.25) is 0 Å². The molecular formula is C28H30O4. The van der Waals surface area contributed by atoms with E-state index in [2.05, 4.69) is 34.6 Å². The minimum absolute atomic E-state index is 0.0426. The van der Waals surface area contributed by atoms with Crippen LogP contribution in [0.4, 0.5) is 0 Å². The molecule has 3 aromatic carbocycles. The molecule has 0 radical (unpaired) electrons. The van der Waals surface area contributed by atoms with Crippen LogP contribution < -0.4 is 9.47 Å². The van der Waals surface area contributed by atoms with Gasteiger partial charge in [-0.2, -0.15) is 0 Å². The molecular weight excluding hydrogens is 400 g/mol. The number of para-hydroxylation sites is 1. The van der Waals surface area contributed by atoms with E-state index in [-0.39, 0.29) is 22.3 Å². The molecule has 0 aromatic heterocycles. The Labute approximate surface area is 190 Å². The zero-order valence-corrected chi connectivity index (χ0v) is 19.3. The van der Waals surface area contributed by atoms with Crippen LogP contribution >= 0.6 is 0 Å². The van der Waals surface area contributed by atoms with Crippen LogP contribution in [0, 0.1) is 5.41 Å². The van der Waals surface area contributed by atoms with Crippen LogP contribution in [0.3, 0.4) is 0 Å². The Hall–Kier alpha value is -3.40. The second-order valence-corrected chi connectivity index (χ2v) is 9.77. The molecule has 0 saturated heterocycles. The fourth-order valence-corrected chi connectivity index (χ4v) is 4.11. The number of rotatable bonds is 6. The highest BCUT2D eigenvalue weighted by molar-refractivity contribution is 5.93. The molecule has 32 heavy (non-hydrogen) atoms. The molecule has 0 N–H and O–H groups in total. The van der Waals surface area contributed by atoms with Crippen LogP contribution in [0.1, 0.15) is 67.3 Å². The molecule has 0 aliphatic heterocycles. The van der Waals surface area contributed by atoms with Gasteiger partial charge in [0.25, 0.3) is 0 Å². The van der Waals surface area contributed by atoms with E-state index in [1.54, 1.807) is 54.6 Å². The smallest absolute Gasteiger partial charge is 0.343 e. The molecule has 0 amide bonds. The summed E-state index contributed by atoms with van der Waals surface area (Å²) in [4.78, 5) is 25.7. The first-order valence-electron chi connectivity index (χ1n) is 10.7. The van der Waals surface area contributed by atoms with Gasteiger partial charge in [-0.05, 0) is 47.6 Å². The third kappa shape index (κ3) is 5.85. The molecule has 3 aromatic rings. The quantitative estimate of drug-likeness (QED) is 0.317. The highest BCUT2D eigenvalue weighted by atomic mass is 16.6. The van der Waals surface area contributed by atoms with Crippen molar-refractivity contribution >= 4 is 11.9 Å². The number of ether oxygens (including phenoxy) is 2. The van der Waals surface area contributed by atoms with Gasteiger partial charge in [0, 0.05) is 5.56 Å². The molecule has 0 bridgehead atoms. The van der Waals surface area contributed by atoms with E-state index in [1.807, 2.05) is 24.3 Å². The molecule has 166 valence electrons. The summed E-state index contributed by atoms with van der Waals surface area (Å²) in [5, 5.41) is 0. The van der Waals surface area contributed by atoms with Crippen LogP contribution in [0.5, 0.6) is 11.5 Å². The topological polar surface area (TPSA) is 52.6 Å². The van der Waals surface area contributed by atoms with Crippen LogP contribution in [0.2, 0.25) is 0 Å². The van der Waals surface area contributed by atoms with Crippen molar-refractivity contribution in [3.8, 4) is 11.5 Å². The van der Waals surface area contributed by atoms with Gasteiger partial charge in [0.1, 0.15) is 0 Å². The predicted octanol–water partition coefficient (Wildman–Crippen LogP) is 6.84. The fourth-order valence-electron chi connectivity index (χ4n) is 4.11. The minimum Gasteiger partial charge on any atom is -0.419 e. The number of hydrogen-bond acceptors (Lipinski definition) is 4. The van der Waals surface area contributed by atoms with Crippen LogP contribution in [0.15, 0.2) is 78.9 Å². The van der Waals surface area contributed by atoms with E-state index < -0.39 is 11.9 Å². The molecule has 0 heterocycles. The summed E-state index contributed by atoms with van der Waals surface area (Å²) < 4.78 is 11.6. The molecule has 4 nitrogen and oxygen atoms in total. The zero-order valence-electron chi connectivity index (χ0n) is 19.3. The second-order valence-electron chi connectivity index (χ2n) is 9.77. The summed E-state index contributed by atoms with van der Waals surface area (Å²) >= 11 is 0. The summed E-state index contributed by atoms with van der Waals surface area (Å²) in [6.07, 6.45) is 0.839. The molecule has 4 heteroatoms. The monoisotopic (exact) mass is 430 g/mol. The lowest BCUT2D eigenvalue weighted by Gasteiger charge is -2.34. The van der Waals surface area contributed by atoms with Gasteiger partial charge in [-0.25, -0.2) is 9.59 Å². The average Bonchev–Trinajstić information content (AvgIpc) is 2.74. The molecule has 0 atom stereocenters. The Morgan fingerprint density at radius 3 is 1.66 bits per heavy atom. The van der Waals surface area contributed by atoms with Gasteiger partial charge in [-0.1, -0.05) is 83.1 Å². The van der Waals surface area contributed by atoms with Crippen molar-refractivity contribution in [3.05, 3.63) is 95.6 Å². The van der Waals surface area contributed by atoms with Gasteiger partial charge in [-0.15, -0.1) is 0 Å². The van der Waals surface area contributed by atoms with Gasteiger partial charge in [0.05, 0.1) is 11.1 Å². The van der Waals surface area contributed by atoms with Gasteiger partial charge < -0.3 is 9.47 Å². The molecule has 3 rings (SSSR count). The standard InChI is InChI=1S/C28H30O4/c1-27(2,3)19-28(4,5)22-17-12-18-23(31-25(29)20-13-8-6-9-14-20)24(22)32-26(30)21-15-10-7-11-16-21/h6-18H,19H2,1-5H3. The third-order valence-electron chi connectivity index (χ3n) is 5.10. The van der Waals surface area contributed by atoms with E-state index in [0.29, 0.717) is 11.1 Å². The summed E-state index contributed by atoms with van der Waals surface area (Å²) in [6.45, 7) is 10.7. The van der Waals surface area contributed by atoms with Gasteiger partial charge >= 0.3 is 11.9 Å². The Bertz CT molecular complexity index is 1080. The molecule has 0 fully saturated rings. The normalized spacial score (nSPS) is 11.7. The highest BCUT2D eigenvalue weighted by Crippen LogP contribution is 2.44. The Morgan fingerprint density at radius 1 is 0.656 bits per heavy atom. The Balaban J connectivity index is 2.04. The molecule has 0 unspecified atom stereocenters. The maximum absolute atomic E-state index is 12.9. The van der Waals surface area contributed by atoms with Crippen molar-refractivity contribution in [3.63, 3.8) is 0 Å². The summed E-state index contributed by atoms with van der Waals surface area (Å²) in [5.41, 5.74) is 1.37. The summed E-state index contributed by atoms with van der Waals surface area (Å²) in [5.74, 6) is -0.502. The van der Waals surface area contributed by atoms with Gasteiger partial charge in [0.2, 0.25) is 0 Å². The van der Waals surface area contributed by atoms with Crippen LogP contribution in [-0.4, -0.2) is 11.9 Å². The van der Waals surface area contributed by atoms with Crippen molar-refractivity contribution in [2.75, 3.05) is 0 Å². The number of carbonyl (C=O) groups excluding carboxylic acids is 2. The van der Waals surface area contributed by atoms with Crippen molar-refractivity contribution in [2.45, 2.75) is 46.5 Å². The zero-order chi connectivity index (χ0) is 23.4. The lowest BCUT2D eigenvalue weighted by Crippen LogP contribution is -2.26. The van der Waals surface area contributed by atoms with Crippen molar-refractivity contribution in [2.24, 2.45) is 5.41 Å². The largest absolute Gasteiger partial charge is 0.419 e. The minimum atomic E-state index is -0.506. The average molecular weight is 431 g/mol. The molecule has 0 aliphatic rings. The Kier molecular flexibility index (Phi) is 6.83. The Morgan fingerprint density at radius 2 is 1.16 bits per heavy atom. The first-order valence-corrected chi connectivity index (χ1v) is 10.7. The molecule has 0 spiro atoms. The van der Waals surface area contributed by atoms with Crippen molar-refractivity contribution < 1.29 is 19.1 Å². The maximum Gasteiger partial charge on any atom is 0.343 e. The number of carbonyl (C=O) groups is 2. The molecule has 0 aliphatic carbocycles. The second kappa shape index (κ2) is 9.39. The van der Waals surface area contributed by atoms with Crippen LogP contribution in [-0.2, 0) is 5.41 Å². The van der Waals surface area contributed by atoms with E-state index in [0.717, 1.165) is 12.0 Å². The summed E-state index contributed by atoms with van der Waals surface area (Å²) in [6, 6.07) is 23.0. The lowest BCUT2D eigenvalue weighted by atomic mass is 9.72. The fraction of sp³-hybridized carbons (Fsp3) is 0.286. The maximum atomic E-state index is 12.9. The van der Waals surface area contributed by atoms with E-state index in [4.69, 9.17) is 9.47 Å². The lowest BCUT2D eigenvalue weighted by molar-refractivity contribution is 0.0678. The molecule has 0 saturated carbocycles. The number of benzene rings is 3. The van der Waals surface area contributed by atoms with Crippen LogP contribution in [0.25, 0.3) is 0 Å². The first kappa shape index (κ1) is 23.3. The number of esters is 2. The van der Waals surface area contributed by atoms with E-state index >= 15 is 0 Å².